The highest BCUT2D eigenvalue weighted by Crippen LogP contribution is 2.10. The second-order valence-corrected chi connectivity index (χ2v) is 6.35. The van der Waals surface area contributed by atoms with Gasteiger partial charge in [-0.05, 0) is 32.8 Å². The van der Waals surface area contributed by atoms with Crippen molar-refractivity contribution in [1.82, 2.24) is 15.2 Å². The molecule has 1 aromatic heterocycles. The number of nitrogens with zero attached hydrogens (tertiary/aromatic N) is 2. The Morgan fingerprint density at radius 3 is 2.57 bits per heavy atom. The number of carbonyl (C=O) groups excluding carboxylic acids is 1. The summed E-state index contributed by atoms with van der Waals surface area (Å²) in [6, 6.07) is 3.80. The third kappa shape index (κ3) is 7.83. The van der Waals surface area contributed by atoms with Gasteiger partial charge < -0.3 is 19.7 Å². The van der Waals surface area contributed by atoms with E-state index < -0.39 is 5.60 Å². The summed E-state index contributed by atoms with van der Waals surface area (Å²) in [6.45, 7) is 10.4. The van der Waals surface area contributed by atoms with Gasteiger partial charge in [0.05, 0.1) is 7.11 Å². The summed E-state index contributed by atoms with van der Waals surface area (Å²) >= 11 is 0. The zero-order valence-corrected chi connectivity index (χ0v) is 14.9. The molecule has 0 saturated carbocycles. The van der Waals surface area contributed by atoms with Gasteiger partial charge in [0, 0.05) is 38.4 Å². The number of hydrogen-bond donors (Lipinski definition) is 1. The van der Waals surface area contributed by atoms with E-state index in [1.54, 1.807) is 18.2 Å². The quantitative estimate of drug-likeness (QED) is 0.745. The molecule has 0 radical (unpaired) electrons. The molecular formula is C17H29N3O3. The summed E-state index contributed by atoms with van der Waals surface area (Å²) in [7, 11) is 1.60. The largest absolute Gasteiger partial charge is 0.481 e. The van der Waals surface area contributed by atoms with Crippen LogP contribution in [-0.4, -0.2) is 48.3 Å². The van der Waals surface area contributed by atoms with Crippen molar-refractivity contribution in [3.63, 3.8) is 0 Å². The maximum atomic E-state index is 12.1. The summed E-state index contributed by atoms with van der Waals surface area (Å²) < 4.78 is 10.5. The Morgan fingerprint density at radius 2 is 2.04 bits per heavy atom. The first kappa shape index (κ1) is 19.2. The van der Waals surface area contributed by atoms with Gasteiger partial charge >= 0.3 is 6.09 Å². The van der Waals surface area contributed by atoms with Crippen molar-refractivity contribution < 1.29 is 14.3 Å². The maximum absolute atomic E-state index is 12.1. The summed E-state index contributed by atoms with van der Waals surface area (Å²) in [5.41, 5.74) is 0.607. The molecule has 23 heavy (non-hydrogen) atoms. The van der Waals surface area contributed by atoms with E-state index >= 15 is 0 Å². The third-order valence-corrected chi connectivity index (χ3v) is 3.04. The fourth-order valence-electron chi connectivity index (χ4n) is 1.97. The number of pyridine rings is 1. The van der Waals surface area contributed by atoms with Crippen LogP contribution in [0.15, 0.2) is 18.3 Å². The fraction of sp³-hybridized carbons (Fsp3) is 0.647. The second kappa shape index (κ2) is 9.35. The molecule has 1 rings (SSSR count). The third-order valence-electron chi connectivity index (χ3n) is 3.04. The minimum atomic E-state index is -0.467. The Bertz CT molecular complexity index is 469. The molecule has 0 atom stereocenters. The first-order chi connectivity index (χ1) is 10.9. The Kier molecular flexibility index (Phi) is 7.81. The topological polar surface area (TPSA) is 63.7 Å². The van der Waals surface area contributed by atoms with Gasteiger partial charge in [-0.15, -0.1) is 0 Å². The molecule has 6 heteroatoms. The van der Waals surface area contributed by atoms with Crippen LogP contribution in [0, 0.1) is 0 Å². The molecule has 0 saturated heterocycles. The number of ether oxygens (including phenoxy) is 2. The van der Waals surface area contributed by atoms with Crippen molar-refractivity contribution >= 4 is 6.09 Å². The minimum Gasteiger partial charge on any atom is -0.481 e. The molecule has 1 amide bonds. The van der Waals surface area contributed by atoms with Gasteiger partial charge in [0.15, 0.2) is 0 Å². The van der Waals surface area contributed by atoms with Gasteiger partial charge in [0.25, 0.3) is 0 Å². The molecule has 6 nitrogen and oxygen atoms in total. The normalized spacial score (nSPS) is 11.2. The summed E-state index contributed by atoms with van der Waals surface area (Å²) in [6.07, 6.45) is 2.43. The first-order valence-corrected chi connectivity index (χ1v) is 8.03. The van der Waals surface area contributed by atoms with E-state index in [2.05, 4.69) is 10.3 Å². The molecule has 1 heterocycles. The molecule has 0 aliphatic carbocycles. The fourth-order valence-corrected chi connectivity index (χ4v) is 1.97. The average molecular weight is 323 g/mol. The highest BCUT2D eigenvalue weighted by Gasteiger charge is 2.21. The number of methoxy groups -OCH3 is 1. The number of rotatable bonds is 8. The van der Waals surface area contributed by atoms with Gasteiger partial charge in [0.2, 0.25) is 5.88 Å². The van der Waals surface area contributed by atoms with Crippen LogP contribution in [0.5, 0.6) is 5.88 Å². The van der Waals surface area contributed by atoms with E-state index in [0.29, 0.717) is 32.1 Å². The van der Waals surface area contributed by atoms with Crippen molar-refractivity contribution in [2.24, 2.45) is 0 Å². The standard InChI is InChI=1S/C17H29N3O3/c1-6-10-20(16(21)23-17(2,3)4)11-9-18-12-14-7-8-15(22-5)19-13-14/h7-8,13,18H,6,9-12H2,1-5H3. The van der Waals surface area contributed by atoms with Crippen LogP contribution in [0.25, 0.3) is 0 Å². The van der Waals surface area contributed by atoms with Crippen LogP contribution in [0.1, 0.15) is 39.7 Å². The maximum Gasteiger partial charge on any atom is 0.410 e. The molecule has 130 valence electrons. The zero-order chi connectivity index (χ0) is 17.3. The molecule has 0 bridgehead atoms. The van der Waals surface area contributed by atoms with Gasteiger partial charge in [0.1, 0.15) is 5.60 Å². The van der Waals surface area contributed by atoms with Crippen molar-refractivity contribution in [2.75, 3.05) is 26.7 Å². The van der Waals surface area contributed by atoms with E-state index in [1.165, 1.54) is 0 Å². The van der Waals surface area contributed by atoms with Crippen LogP contribution >= 0.6 is 0 Å². The Balaban J connectivity index is 2.38. The second-order valence-electron chi connectivity index (χ2n) is 6.35. The van der Waals surface area contributed by atoms with Crippen molar-refractivity contribution in [2.45, 2.75) is 46.3 Å². The van der Waals surface area contributed by atoms with Gasteiger partial charge in [-0.1, -0.05) is 13.0 Å². The Hall–Kier alpha value is -1.82. The predicted molar refractivity (Wildman–Crippen MR) is 90.6 cm³/mol. The molecule has 0 aliphatic heterocycles. The lowest BCUT2D eigenvalue weighted by Gasteiger charge is -2.27. The highest BCUT2D eigenvalue weighted by molar-refractivity contribution is 5.68. The zero-order valence-electron chi connectivity index (χ0n) is 14.9. The van der Waals surface area contributed by atoms with Crippen molar-refractivity contribution in [3.05, 3.63) is 23.9 Å². The lowest BCUT2D eigenvalue weighted by atomic mass is 10.2. The molecule has 1 N–H and O–H groups in total. The Labute approximate surface area is 139 Å². The van der Waals surface area contributed by atoms with Crippen molar-refractivity contribution in [3.8, 4) is 5.88 Å². The van der Waals surface area contributed by atoms with Gasteiger partial charge in [-0.25, -0.2) is 9.78 Å². The minimum absolute atomic E-state index is 0.257. The van der Waals surface area contributed by atoms with E-state index in [4.69, 9.17) is 9.47 Å². The summed E-state index contributed by atoms with van der Waals surface area (Å²) in [5.74, 6) is 0.604. The molecule has 0 fully saturated rings. The number of hydrogen-bond acceptors (Lipinski definition) is 5. The van der Waals surface area contributed by atoms with E-state index in [0.717, 1.165) is 12.0 Å². The average Bonchev–Trinajstić information content (AvgIpc) is 2.49. The molecule has 0 spiro atoms. The SMILES string of the molecule is CCCN(CCNCc1ccc(OC)nc1)C(=O)OC(C)(C)C. The number of nitrogens with one attached hydrogen (secondary N) is 1. The molecule has 0 aliphatic rings. The van der Waals surface area contributed by atoms with Crippen molar-refractivity contribution in [1.29, 1.82) is 0 Å². The van der Waals surface area contributed by atoms with Gasteiger partial charge in [-0.3, -0.25) is 0 Å². The van der Waals surface area contributed by atoms with Crippen LogP contribution < -0.4 is 10.1 Å². The Morgan fingerprint density at radius 1 is 1.30 bits per heavy atom. The summed E-state index contributed by atoms with van der Waals surface area (Å²) in [5, 5.41) is 3.32. The van der Waals surface area contributed by atoms with Crippen LogP contribution in [-0.2, 0) is 11.3 Å². The predicted octanol–water partition coefficient (Wildman–Crippen LogP) is 2.83. The van der Waals surface area contributed by atoms with Crippen LogP contribution in [0.3, 0.4) is 0 Å². The molecule has 1 aromatic rings. The highest BCUT2D eigenvalue weighted by atomic mass is 16.6. The lowest BCUT2D eigenvalue weighted by Crippen LogP contribution is -2.40. The molecule has 0 aromatic carbocycles. The first-order valence-electron chi connectivity index (χ1n) is 8.03. The lowest BCUT2D eigenvalue weighted by molar-refractivity contribution is 0.0252. The van der Waals surface area contributed by atoms with Gasteiger partial charge in [-0.2, -0.15) is 0 Å². The molecule has 0 unspecified atom stereocenters. The summed E-state index contributed by atoms with van der Waals surface area (Å²) in [4.78, 5) is 18.0. The monoisotopic (exact) mass is 323 g/mol. The van der Waals surface area contributed by atoms with Crippen LogP contribution in [0.2, 0.25) is 0 Å². The van der Waals surface area contributed by atoms with E-state index in [-0.39, 0.29) is 6.09 Å². The van der Waals surface area contributed by atoms with Crippen LogP contribution in [0.4, 0.5) is 4.79 Å². The number of amides is 1. The molecular weight excluding hydrogens is 294 g/mol. The van der Waals surface area contributed by atoms with E-state index in [1.807, 2.05) is 39.8 Å². The number of carbonyl (C=O) groups is 1. The smallest absolute Gasteiger partial charge is 0.410 e. The van der Waals surface area contributed by atoms with E-state index in [9.17, 15) is 4.79 Å². The number of aromatic nitrogens is 1.